The second-order valence-electron chi connectivity index (χ2n) is 5.31. The van der Waals surface area contributed by atoms with E-state index in [0.29, 0.717) is 41.7 Å². The Morgan fingerprint density at radius 3 is 2.39 bits per heavy atom. The molecule has 1 saturated heterocycles. The molecule has 10 heteroatoms. The minimum absolute atomic E-state index is 0.0563. The first-order valence-electron chi connectivity index (χ1n) is 7.00. The molecule has 2 heterocycles. The van der Waals surface area contributed by atoms with Crippen molar-refractivity contribution >= 4 is 23.1 Å². The van der Waals surface area contributed by atoms with E-state index in [-0.39, 0.29) is 5.92 Å². The van der Waals surface area contributed by atoms with Gasteiger partial charge in [0.15, 0.2) is 0 Å². The summed E-state index contributed by atoms with van der Waals surface area (Å²) in [6.45, 7) is 0.297. The van der Waals surface area contributed by atoms with E-state index in [0.717, 1.165) is 0 Å². The standard InChI is InChI=1S/C13H16F4N4OS/c14-11(15)8-5-9(12(16)17)21(19-8)6-10(22)20-3-1-7(2-4-20)13(18)23/h5,7,11-12H,1-4,6H2,(H2,18,23). The van der Waals surface area contributed by atoms with Gasteiger partial charge in [0, 0.05) is 19.0 Å². The molecule has 0 spiro atoms. The van der Waals surface area contributed by atoms with Crippen LogP contribution in [0.25, 0.3) is 0 Å². The molecule has 0 radical (unpaired) electrons. The van der Waals surface area contributed by atoms with Crippen LogP contribution in [0.5, 0.6) is 0 Å². The van der Waals surface area contributed by atoms with Crippen LogP contribution >= 0.6 is 12.2 Å². The monoisotopic (exact) mass is 352 g/mol. The number of hydrogen-bond donors (Lipinski definition) is 1. The Morgan fingerprint density at radius 1 is 1.30 bits per heavy atom. The second kappa shape index (κ2) is 7.24. The number of alkyl halides is 4. The largest absolute Gasteiger partial charge is 0.393 e. The number of rotatable bonds is 5. The third-order valence-electron chi connectivity index (χ3n) is 3.81. The number of likely N-dealkylation sites (tertiary alicyclic amines) is 1. The highest BCUT2D eigenvalue weighted by molar-refractivity contribution is 7.80. The molecule has 1 fully saturated rings. The Morgan fingerprint density at radius 2 is 1.91 bits per heavy atom. The van der Waals surface area contributed by atoms with Gasteiger partial charge >= 0.3 is 0 Å². The number of carbonyl (C=O) groups is 1. The number of aromatic nitrogens is 2. The van der Waals surface area contributed by atoms with Crippen molar-refractivity contribution in [2.45, 2.75) is 32.2 Å². The molecule has 128 valence electrons. The Kier molecular flexibility index (Phi) is 5.55. The highest BCUT2D eigenvalue weighted by Gasteiger charge is 2.27. The van der Waals surface area contributed by atoms with Crippen LogP contribution in [-0.4, -0.2) is 38.7 Å². The van der Waals surface area contributed by atoms with Gasteiger partial charge in [-0.15, -0.1) is 0 Å². The summed E-state index contributed by atoms with van der Waals surface area (Å²) >= 11 is 4.90. The summed E-state index contributed by atoms with van der Waals surface area (Å²) in [5.74, 6) is -0.391. The van der Waals surface area contributed by atoms with Crippen molar-refractivity contribution in [1.82, 2.24) is 14.7 Å². The molecule has 5 nitrogen and oxygen atoms in total. The number of carbonyl (C=O) groups excluding carboxylic acids is 1. The van der Waals surface area contributed by atoms with Gasteiger partial charge in [0.05, 0.1) is 4.99 Å². The fourth-order valence-electron chi connectivity index (χ4n) is 2.50. The smallest absolute Gasteiger partial charge is 0.282 e. The van der Waals surface area contributed by atoms with Crippen LogP contribution in [0.3, 0.4) is 0 Å². The highest BCUT2D eigenvalue weighted by atomic mass is 32.1. The molecule has 1 aliphatic heterocycles. The molecule has 1 aromatic rings. The minimum Gasteiger partial charge on any atom is -0.393 e. The molecule has 2 rings (SSSR count). The average Bonchev–Trinajstić information content (AvgIpc) is 2.91. The molecular formula is C13H16F4N4OS. The van der Waals surface area contributed by atoms with Crippen LogP contribution in [0.1, 0.15) is 37.1 Å². The fourth-order valence-corrected chi connectivity index (χ4v) is 2.74. The van der Waals surface area contributed by atoms with E-state index in [1.54, 1.807) is 0 Å². The van der Waals surface area contributed by atoms with Gasteiger partial charge in [-0.1, -0.05) is 12.2 Å². The summed E-state index contributed by atoms with van der Waals surface area (Å²) in [7, 11) is 0. The summed E-state index contributed by atoms with van der Waals surface area (Å²) in [6.07, 6.45) is -4.75. The number of thiocarbonyl (C=S) groups is 1. The van der Waals surface area contributed by atoms with Gasteiger partial charge in [-0.05, 0) is 18.9 Å². The van der Waals surface area contributed by atoms with Gasteiger partial charge < -0.3 is 10.6 Å². The van der Waals surface area contributed by atoms with Crippen LogP contribution in [0.4, 0.5) is 17.6 Å². The number of nitrogens with two attached hydrogens (primary N) is 1. The lowest BCUT2D eigenvalue weighted by Gasteiger charge is -2.31. The fraction of sp³-hybridized carbons (Fsp3) is 0.615. The molecule has 2 N–H and O–H groups in total. The zero-order valence-corrected chi connectivity index (χ0v) is 12.9. The van der Waals surface area contributed by atoms with E-state index >= 15 is 0 Å². The molecule has 0 unspecified atom stereocenters. The first kappa shape index (κ1) is 17.6. The van der Waals surface area contributed by atoms with Crippen molar-refractivity contribution < 1.29 is 22.4 Å². The molecule has 0 atom stereocenters. The molecule has 0 aliphatic carbocycles. The van der Waals surface area contributed by atoms with Gasteiger partial charge in [0.25, 0.3) is 12.9 Å². The van der Waals surface area contributed by atoms with Crippen LogP contribution in [0, 0.1) is 5.92 Å². The van der Waals surface area contributed by atoms with Gasteiger partial charge in [0.2, 0.25) is 5.91 Å². The molecule has 1 amide bonds. The number of nitrogens with zero attached hydrogens (tertiary/aromatic N) is 3. The third-order valence-corrected chi connectivity index (χ3v) is 4.15. The average molecular weight is 352 g/mol. The number of piperidine rings is 1. The summed E-state index contributed by atoms with van der Waals surface area (Å²) in [5.41, 5.74) is 4.10. The minimum atomic E-state index is -2.98. The lowest BCUT2D eigenvalue weighted by Crippen LogP contribution is -2.42. The van der Waals surface area contributed by atoms with Crippen molar-refractivity contribution in [3.8, 4) is 0 Å². The maximum atomic E-state index is 12.9. The first-order valence-corrected chi connectivity index (χ1v) is 7.41. The SMILES string of the molecule is NC(=S)C1CCN(C(=O)Cn2nc(C(F)F)cc2C(F)F)CC1. The lowest BCUT2D eigenvalue weighted by molar-refractivity contribution is -0.133. The van der Waals surface area contributed by atoms with Gasteiger partial charge in [-0.2, -0.15) is 5.10 Å². The topological polar surface area (TPSA) is 64.2 Å². The highest BCUT2D eigenvalue weighted by Crippen LogP contribution is 2.25. The van der Waals surface area contributed by atoms with Gasteiger partial charge in [-0.3, -0.25) is 9.48 Å². The Labute approximate surface area is 135 Å². The molecular weight excluding hydrogens is 336 g/mol. The van der Waals surface area contributed by atoms with Gasteiger partial charge in [-0.25, -0.2) is 17.6 Å². The third kappa shape index (κ3) is 4.18. The molecule has 23 heavy (non-hydrogen) atoms. The maximum Gasteiger partial charge on any atom is 0.282 e. The Bertz CT molecular complexity index is 585. The summed E-state index contributed by atoms with van der Waals surface area (Å²) in [5, 5.41) is 3.41. The zero-order chi connectivity index (χ0) is 17.1. The molecule has 1 aromatic heterocycles. The lowest BCUT2D eigenvalue weighted by atomic mass is 9.97. The van der Waals surface area contributed by atoms with E-state index in [4.69, 9.17) is 18.0 Å². The van der Waals surface area contributed by atoms with E-state index in [1.807, 2.05) is 0 Å². The predicted molar refractivity (Wildman–Crippen MR) is 78.2 cm³/mol. The number of halogens is 4. The first-order chi connectivity index (χ1) is 10.8. The van der Waals surface area contributed by atoms with E-state index in [1.165, 1.54) is 4.90 Å². The number of amides is 1. The molecule has 1 aliphatic rings. The van der Waals surface area contributed by atoms with E-state index < -0.39 is 36.7 Å². The van der Waals surface area contributed by atoms with Crippen LogP contribution in [0.2, 0.25) is 0 Å². The van der Waals surface area contributed by atoms with E-state index in [2.05, 4.69) is 5.10 Å². The quantitative estimate of drug-likeness (QED) is 0.652. The summed E-state index contributed by atoms with van der Waals surface area (Å²) in [6, 6.07) is 0.627. The predicted octanol–water partition coefficient (Wildman–Crippen LogP) is 2.28. The second-order valence-corrected chi connectivity index (χ2v) is 5.78. The summed E-state index contributed by atoms with van der Waals surface area (Å²) < 4.78 is 51.6. The van der Waals surface area contributed by atoms with Crippen molar-refractivity contribution in [3.05, 3.63) is 17.5 Å². The Hall–Kier alpha value is -1.71. The molecule has 0 aromatic carbocycles. The van der Waals surface area contributed by atoms with Crippen LogP contribution < -0.4 is 5.73 Å². The van der Waals surface area contributed by atoms with Gasteiger partial charge in [0.1, 0.15) is 17.9 Å². The van der Waals surface area contributed by atoms with Crippen molar-refractivity contribution in [3.63, 3.8) is 0 Å². The van der Waals surface area contributed by atoms with Crippen LogP contribution in [0.15, 0.2) is 6.07 Å². The van der Waals surface area contributed by atoms with Crippen molar-refractivity contribution in [2.24, 2.45) is 11.7 Å². The maximum absolute atomic E-state index is 12.9. The molecule has 0 saturated carbocycles. The molecule has 0 bridgehead atoms. The van der Waals surface area contributed by atoms with Crippen molar-refractivity contribution in [2.75, 3.05) is 13.1 Å². The summed E-state index contributed by atoms with van der Waals surface area (Å²) in [4.78, 5) is 14.0. The number of hydrogen-bond acceptors (Lipinski definition) is 3. The van der Waals surface area contributed by atoms with Crippen LogP contribution in [-0.2, 0) is 11.3 Å². The normalized spacial score (nSPS) is 16.3. The Balaban J connectivity index is 2.04. The van der Waals surface area contributed by atoms with E-state index in [9.17, 15) is 22.4 Å². The van der Waals surface area contributed by atoms with Crippen molar-refractivity contribution in [1.29, 1.82) is 0 Å². The zero-order valence-electron chi connectivity index (χ0n) is 12.1.